The normalized spacial score (nSPS) is 12.1. The van der Waals surface area contributed by atoms with Gasteiger partial charge < -0.3 is 14.6 Å². The van der Waals surface area contributed by atoms with Gasteiger partial charge in [-0.2, -0.15) is 5.01 Å². The predicted octanol–water partition coefficient (Wildman–Crippen LogP) is 3.32. The van der Waals surface area contributed by atoms with Crippen LogP contribution in [0.25, 0.3) is 0 Å². The van der Waals surface area contributed by atoms with Gasteiger partial charge in [0.25, 0.3) is 17.7 Å². The lowest BCUT2D eigenvalue weighted by Crippen LogP contribution is -2.57. The number of amides is 3. The van der Waals surface area contributed by atoms with Crippen molar-refractivity contribution in [3.63, 3.8) is 0 Å². The lowest BCUT2D eigenvalue weighted by Gasteiger charge is -2.27. The average Bonchev–Trinajstić information content (AvgIpc) is 2.87. The van der Waals surface area contributed by atoms with Gasteiger partial charge in [-0.1, -0.05) is 42.5 Å². The highest BCUT2D eigenvalue weighted by Gasteiger charge is 2.33. The Morgan fingerprint density at radius 1 is 0.714 bits per heavy atom. The van der Waals surface area contributed by atoms with Crippen LogP contribution in [0.4, 0.5) is 0 Å². The van der Waals surface area contributed by atoms with E-state index in [9.17, 15) is 24.3 Å². The quantitative estimate of drug-likeness (QED) is 0.478. The number of carboxylic acids is 1. The first-order valence-corrected chi connectivity index (χ1v) is 10.7. The molecule has 180 valence electrons. The first-order valence-electron chi connectivity index (χ1n) is 10.7. The van der Waals surface area contributed by atoms with Crippen molar-refractivity contribution in [1.29, 1.82) is 0 Å². The Morgan fingerprint density at radius 3 is 1.63 bits per heavy atom. The van der Waals surface area contributed by atoms with Gasteiger partial charge in [0.15, 0.2) is 12.2 Å². The third-order valence-corrected chi connectivity index (χ3v) is 4.83. The number of nitrogens with zero attached hydrogens (tertiary/aromatic N) is 1. The highest BCUT2D eigenvalue weighted by Crippen LogP contribution is 2.15. The topological polar surface area (TPSA) is 122 Å². The largest absolute Gasteiger partial charge is 0.481 e. The maximum absolute atomic E-state index is 13.2. The molecule has 3 aromatic rings. The molecular weight excluding hydrogens is 452 g/mol. The van der Waals surface area contributed by atoms with Gasteiger partial charge in [0.05, 0.1) is 5.56 Å². The second kappa shape index (κ2) is 11.5. The van der Waals surface area contributed by atoms with E-state index in [1.54, 1.807) is 60.7 Å². The summed E-state index contributed by atoms with van der Waals surface area (Å²) in [6, 6.07) is 22.2. The summed E-state index contributed by atoms with van der Waals surface area (Å²) in [5.41, 5.74) is 2.10. The molecule has 9 heteroatoms. The molecule has 3 rings (SSSR count). The first-order chi connectivity index (χ1) is 16.8. The molecule has 2 atom stereocenters. The Morgan fingerprint density at radius 2 is 1.17 bits per heavy atom. The minimum Gasteiger partial charge on any atom is -0.481 e. The molecular formula is C26H24N2O7. The summed E-state index contributed by atoms with van der Waals surface area (Å²) in [6.07, 6.45) is -2.29. The number of benzene rings is 3. The van der Waals surface area contributed by atoms with E-state index in [1.165, 1.54) is 32.0 Å². The van der Waals surface area contributed by atoms with Gasteiger partial charge >= 0.3 is 5.97 Å². The number of aromatic carboxylic acids is 1. The summed E-state index contributed by atoms with van der Waals surface area (Å²) in [7, 11) is 0. The van der Waals surface area contributed by atoms with Crippen molar-refractivity contribution in [2.24, 2.45) is 0 Å². The zero-order valence-corrected chi connectivity index (χ0v) is 19.1. The molecule has 2 unspecified atom stereocenters. The lowest BCUT2D eigenvalue weighted by atomic mass is 10.1. The molecule has 3 amide bonds. The standard InChI is InChI=1S/C26H24N2O7/c1-17(34-21-12-5-3-6-13-21)24(30)28(25(31)18(2)35-22-14-7-4-8-15-22)27-23(29)19-10-9-11-20(16-19)26(32)33/h3-18H,1-2H3,(H,27,29)(H,32,33). The van der Waals surface area contributed by atoms with Crippen LogP contribution in [0, 0.1) is 0 Å². The van der Waals surface area contributed by atoms with Crippen molar-refractivity contribution >= 4 is 23.7 Å². The smallest absolute Gasteiger partial charge is 0.335 e. The van der Waals surface area contributed by atoms with Crippen molar-refractivity contribution in [3.8, 4) is 11.5 Å². The number of hydrazine groups is 1. The van der Waals surface area contributed by atoms with Gasteiger partial charge in [-0.3, -0.25) is 19.8 Å². The summed E-state index contributed by atoms with van der Waals surface area (Å²) in [6.45, 7) is 2.88. The van der Waals surface area contributed by atoms with Crippen LogP contribution < -0.4 is 14.9 Å². The van der Waals surface area contributed by atoms with Crippen LogP contribution in [0.2, 0.25) is 0 Å². The molecule has 9 nitrogen and oxygen atoms in total. The van der Waals surface area contributed by atoms with E-state index in [1.807, 2.05) is 0 Å². The van der Waals surface area contributed by atoms with E-state index in [4.69, 9.17) is 9.47 Å². The number of hydrogen-bond donors (Lipinski definition) is 2. The molecule has 0 bridgehead atoms. The molecule has 0 saturated carbocycles. The summed E-state index contributed by atoms with van der Waals surface area (Å²) in [4.78, 5) is 50.5. The number of hydrogen-bond acceptors (Lipinski definition) is 6. The van der Waals surface area contributed by atoms with E-state index < -0.39 is 35.9 Å². The van der Waals surface area contributed by atoms with Crippen molar-refractivity contribution < 1.29 is 33.8 Å². The van der Waals surface area contributed by atoms with E-state index in [2.05, 4.69) is 5.43 Å². The van der Waals surface area contributed by atoms with Crippen LogP contribution in [0.15, 0.2) is 84.9 Å². The van der Waals surface area contributed by atoms with Crippen LogP contribution in [0.5, 0.6) is 11.5 Å². The van der Waals surface area contributed by atoms with Gasteiger partial charge in [-0.15, -0.1) is 0 Å². The Kier molecular flexibility index (Phi) is 8.18. The van der Waals surface area contributed by atoms with Gasteiger partial charge in [0.1, 0.15) is 11.5 Å². The SMILES string of the molecule is CC(Oc1ccccc1)C(=O)N(NC(=O)c1cccc(C(=O)O)c1)C(=O)C(C)Oc1ccccc1. The van der Waals surface area contributed by atoms with Crippen molar-refractivity contribution in [2.45, 2.75) is 26.1 Å². The molecule has 0 heterocycles. The Bertz CT molecular complexity index is 1140. The van der Waals surface area contributed by atoms with E-state index in [-0.39, 0.29) is 11.1 Å². The molecule has 0 saturated heterocycles. The zero-order chi connectivity index (χ0) is 25.4. The van der Waals surface area contributed by atoms with Gasteiger partial charge in [0, 0.05) is 5.56 Å². The average molecular weight is 476 g/mol. The summed E-state index contributed by atoms with van der Waals surface area (Å²) in [5, 5.41) is 9.73. The van der Waals surface area contributed by atoms with Crippen LogP contribution in [-0.2, 0) is 9.59 Å². The predicted molar refractivity (Wildman–Crippen MR) is 126 cm³/mol. The first kappa shape index (κ1) is 25.0. The fourth-order valence-electron chi connectivity index (χ4n) is 3.05. The number of rotatable bonds is 8. The Balaban J connectivity index is 1.84. The van der Waals surface area contributed by atoms with Crippen molar-refractivity contribution in [2.75, 3.05) is 0 Å². The molecule has 0 spiro atoms. The number of carboxylic acid groups (broad SMARTS) is 1. The third kappa shape index (κ3) is 6.67. The summed E-state index contributed by atoms with van der Waals surface area (Å²) in [5.74, 6) is -2.97. The summed E-state index contributed by atoms with van der Waals surface area (Å²) >= 11 is 0. The maximum Gasteiger partial charge on any atom is 0.335 e. The fourth-order valence-corrected chi connectivity index (χ4v) is 3.05. The van der Waals surface area contributed by atoms with Crippen molar-refractivity contribution in [1.82, 2.24) is 10.4 Å². The highest BCUT2D eigenvalue weighted by molar-refractivity contribution is 6.04. The number of nitrogens with one attached hydrogen (secondary N) is 1. The number of carbonyl (C=O) groups excluding carboxylic acids is 3. The van der Waals surface area contributed by atoms with Crippen LogP contribution >= 0.6 is 0 Å². The monoisotopic (exact) mass is 476 g/mol. The maximum atomic E-state index is 13.2. The molecule has 0 fully saturated rings. The molecule has 0 aromatic heterocycles. The molecule has 0 radical (unpaired) electrons. The third-order valence-electron chi connectivity index (χ3n) is 4.83. The minimum atomic E-state index is -1.22. The second-order valence-corrected chi connectivity index (χ2v) is 7.49. The van der Waals surface area contributed by atoms with E-state index >= 15 is 0 Å². The molecule has 2 N–H and O–H groups in total. The van der Waals surface area contributed by atoms with E-state index in [0.717, 1.165) is 6.07 Å². The van der Waals surface area contributed by atoms with Crippen LogP contribution in [0.3, 0.4) is 0 Å². The Hall–Kier alpha value is -4.66. The number of imide groups is 1. The van der Waals surface area contributed by atoms with Gasteiger partial charge in [0.2, 0.25) is 0 Å². The molecule has 35 heavy (non-hydrogen) atoms. The Labute approximate surface area is 201 Å². The lowest BCUT2D eigenvalue weighted by molar-refractivity contribution is -0.156. The molecule has 0 aliphatic carbocycles. The fraction of sp³-hybridized carbons (Fsp3) is 0.154. The van der Waals surface area contributed by atoms with Gasteiger partial charge in [-0.25, -0.2) is 4.79 Å². The van der Waals surface area contributed by atoms with Crippen LogP contribution in [0.1, 0.15) is 34.6 Å². The highest BCUT2D eigenvalue weighted by atomic mass is 16.5. The second-order valence-electron chi connectivity index (χ2n) is 7.49. The van der Waals surface area contributed by atoms with Crippen molar-refractivity contribution in [3.05, 3.63) is 96.1 Å². The number of para-hydroxylation sites is 2. The number of carbonyl (C=O) groups is 4. The van der Waals surface area contributed by atoms with Crippen LogP contribution in [-0.4, -0.2) is 46.0 Å². The molecule has 3 aromatic carbocycles. The molecule has 0 aliphatic heterocycles. The summed E-state index contributed by atoms with van der Waals surface area (Å²) < 4.78 is 11.3. The number of ether oxygens (including phenoxy) is 2. The minimum absolute atomic E-state index is 0.0521. The van der Waals surface area contributed by atoms with Gasteiger partial charge in [-0.05, 0) is 56.3 Å². The zero-order valence-electron chi connectivity index (χ0n) is 19.1. The molecule has 0 aliphatic rings. The van der Waals surface area contributed by atoms with E-state index in [0.29, 0.717) is 16.5 Å².